The van der Waals surface area contributed by atoms with Crippen LogP contribution in [0.25, 0.3) is 10.9 Å². The molecular weight excluding hydrogens is 495 g/mol. The number of para-hydroxylation sites is 2. The standard InChI is InChI=1S/C31H33FN4O3/c1-38-28-12-11-20(17-21(28)19-35-13-15-36(16-14-35)27-10-6-4-8-24(27)32)29-30-23(18-26(34-29)31(37)39-2)22-7-3-5-9-25(22)33-30/h3-12,17,26,29,33-34H,13-16,18-19H2,1-2H3/t26-,29+/m0/s1. The summed E-state index contributed by atoms with van der Waals surface area (Å²) in [7, 11) is 3.12. The van der Waals surface area contributed by atoms with E-state index in [2.05, 4.69) is 44.4 Å². The van der Waals surface area contributed by atoms with Gasteiger partial charge in [0.25, 0.3) is 0 Å². The van der Waals surface area contributed by atoms with Crippen molar-refractivity contribution in [3.8, 4) is 5.75 Å². The molecule has 1 fully saturated rings. The lowest BCUT2D eigenvalue weighted by Gasteiger charge is -2.36. The Balaban J connectivity index is 1.27. The summed E-state index contributed by atoms with van der Waals surface area (Å²) in [4.78, 5) is 20.7. The number of rotatable bonds is 6. The number of ether oxygens (including phenoxy) is 2. The maximum absolute atomic E-state index is 14.3. The fourth-order valence-corrected chi connectivity index (χ4v) is 5.99. The number of H-pyrrole nitrogens is 1. The van der Waals surface area contributed by atoms with Gasteiger partial charge in [-0.1, -0.05) is 36.4 Å². The maximum Gasteiger partial charge on any atom is 0.323 e. The van der Waals surface area contributed by atoms with E-state index in [1.54, 1.807) is 13.2 Å². The fourth-order valence-electron chi connectivity index (χ4n) is 5.99. The molecule has 1 aromatic heterocycles. The second-order valence-electron chi connectivity index (χ2n) is 10.2. The molecular formula is C31H33FN4O3. The maximum atomic E-state index is 14.3. The van der Waals surface area contributed by atoms with Crippen LogP contribution < -0.4 is 15.0 Å². The number of hydrogen-bond donors (Lipinski definition) is 2. The molecule has 2 N–H and O–H groups in total. The van der Waals surface area contributed by atoms with Gasteiger partial charge in [-0.05, 0) is 41.5 Å². The molecule has 4 aromatic rings. The molecule has 202 valence electrons. The zero-order valence-electron chi connectivity index (χ0n) is 22.2. The first kappa shape index (κ1) is 25.4. The monoisotopic (exact) mass is 528 g/mol. The van der Waals surface area contributed by atoms with E-state index in [0.717, 1.165) is 71.8 Å². The van der Waals surface area contributed by atoms with Crippen molar-refractivity contribution >= 4 is 22.6 Å². The summed E-state index contributed by atoms with van der Waals surface area (Å²) in [5.74, 6) is 0.381. The highest BCUT2D eigenvalue weighted by Gasteiger charge is 2.35. The van der Waals surface area contributed by atoms with Crippen LogP contribution in [0.4, 0.5) is 10.1 Å². The molecule has 3 aromatic carbocycles. The number of hydrogen-bond acceptors (Lipinski definition) is 6. The molecule has 1 saturated heterocycles. The molecule has 0 radical (unpaired) electrons. The van der Waals surface area contributed by atoms with E-state index in [9.17, 15) is 9.18 Å². The van der Waals surface area contributed by atoms with Crippen LogP contribution in [0.15, 0.2) is 66.7 Å². The third kappa shape index (κ3) is 4.86. The molecule has 0 saturated carbocycles. The molecule has 6 rings (SSSR count). The molecule has 0 bridgehead atoms. The third-order valence-corrected chi connectivity index (χ3v) is 7.99. The molecule has 0 amide bonds. The fraction of sp³-hybridized carbons (Fsp3) is 0.323. The first-order chi connectivity index (χ1) is 19.1. The van der Waals surface area contributed by atoms with Crippen molar-refractivity contribution in [1.82, 2.24) is 15.2 Å². The predicted octanol–water partition coefficient (Wildman–Crippen LogP) is 4.41. The summed E-state index contributed by atoms with van der Waals surface area (Å²) in [5.41, 5.74) is 6.07. The minimum atomic E-state index is -0.441. The van der Waals surface area contributed by atoms with E-state index in [1.165, 1.54) is 13.2 Å². The van der Waals surface area contributed by atoms with E-state index in [1.807, 2.05) is 30.3 Å². The lowest BCUT2D eigenvalue weighted by atomic mass is 9.89. The van der Waals surface area contributed by atoms with Gasteiger partial charge in [0.05, 0.1) is 25.9 Å². The Kier molecular flexibility index (Phi) is 6.97. The van der Waals surface area contributed by atoms with Crippen molar-refractivity contribution in [3.05, 3.63) is 94.9 Å². The quantitative estimate of drug-likeness (QED) is 0.361. The zero-order chi connectivity index (χ0) is 26.9. The Labute approximate surface area is 227 Å². The van der Waals surface area contributed by atoms with E-state index in [-0.39, 0.29) is 17.8 Å². The van der Waals surface area contributed by atoms with Crippen LogP contribution in [0.2, 0.25) is 0 Å². The number of carbonyl (C=O) groups excluding carboxylic acids is 1. The number of halogens is 1. The Morgan fingerprint density at radius 3 is 2.54 bits per heavy atom. The molecule has 0 aliphatic carbocycles. The number of anilines is 1. The van der Waals surface area contributed by atoms with Crippen LogP contribution in [0.1, 0.15) is 28.4 Å². The number of esters is 1. The van der Waals surface area contributed by atoms with Crippen LogP contribution in [0.5, 0.6) is 5.75 Å². The number of carbonyl (C=O) groups is 1. The molecule has 3 heterocycles. The summed E-state index contributed by atoms with van der Waals surface area (Å²) in [6.45, 7) is 3.87. The minimum Gasteiger partial charge on any atom is -0.496 e. The average molecular weight is 529 g/mol. The van der Waals surface area contributed by atoms with Gasteiger partial charge < -0.3 is 19.4 Å². The Hall–Kier alpha value is -3.88. The summed E-state index contributed by atoms with van der Waals surface area (Å²) >= 11 is 0. The molecule has 0 unspecified atom stereocenters. The van der Waals surface area contributed by atoms with E-state index in [4.69, 9.17) is 9.47 Å². The van der Waals surface area contributed by atoms with Gasteiger partial charge in [0.2, 0.25) is 0 Å². The van der Waals surface area contributed by atoms with Crippen LogP contribution in [0, 0.1) is 5.82 Å². The van der Waals surface area contributed by atoms with Crippen molar-refractivity contribution in [2.45, 2.75) is 25.0 Å². The van der Waals surface area contributed by atoms with Crippen LogP contribution in [-0.4, -0.2) is 62.3 Å². The second kappa shape index (κ2) is 10.7. The SMILES string of the molecule is COC(=O)[C@@H]1Cc2c([nH]c3ccccc23)[C@@H](c2ccc(OC)c(CN3CCN(c4ccccc4F)CC3)c2)N1. The Bertz CT molecular complexity index is 1490. The first-order valence-electron chi connectivity index (χ1n) is 13.4. The Morgan fingerprint density at radius 1 is 1.00 bits per heavy atom. The average Bonchev–Trinajstić information content (AvgIpc) is 3.36. The summed E-state index contributed by atoms with van der Waals surface area (Å²) < 4.78 is 25.2. The highest BCUT2D eigenvalue weighted by molar-refractivity contribution is 5.87. The number of benzene rings is 3. The molecule has 8 heteroatoms. The molecule has 7 nitrogen and oxygen atoms in total. The van der Waals surface area contributed by atoms with Crippen LogP contribution >= 0.6 is 0 Å². The van der Waals surface area contributed by atoms with Gasteiger partial charge in [0, 0.05) is 61.3 Å². The van der Waals surface area contributed by atoms with E-state index >= 15 is 0 Å². The number of aromatic amines is 1. The number of piperazine rings is 1. The van der Waals surface area contributed by atoms with E-state index in [0.29, 0.717) is 12.1 Å². The van der Waals surface area contributed by atoms with Gasteiger partial charge in [-0.15, -0.1) is 0 Å². The number of aromatic nitrogens is 1. The first-order valence-corrected chi connectivity index (χ1v) is 13.4. The van der Waals surface area contributed by atoms with Crippen molar-refractivity contribution in [2.24, 2.45) is 0 Å². The molecule has 39 heavy (non-hydrogen) atoms. The highest BCUT2D eigenvalue weighted by Crippen LogP contribution is 2.37. The van der Waals surface area contributed by atoms with Crippen LogP contribution in [0.3, 0.4) is 0 Å². The topological polar surface area (TPSA) is 69.8 Å². The largest absolute Gasteiger partial charge is 0.496 e. The van der Waals surface area contributed by atoms with Gasteiger partial charge in [-0.2, -0.15) is 0 Å². The Morgan fingerprint density at radius 2 is 1.77 bits per heavy atom. The van der Waals surface area contributed by atoms with Crippen LogP contribution in [-0.2, 0) is 22.5 Å². The number of nitrogens with one attached hydrogen (secondary N) is 2. The lowest BCUT2D eigenvalue weighted by molar-refractivity contribution is -0.143. The minimum absolute atomic E-state index is 0.179. The summed E-state index contributed by atoms with van der Waals surface area (Å²) in [6.07, 6.45) is 0.567. The van der Waals surface area contributed by atoms with Crippen molar-refractivity contribution < 1.29 is 18.7 Å². The highest BCUT2D eigenvalue weighted by atomic mass is 19.1. The number of nitrogens with zero attached hydrogens (tertiary/aromatic N) is 2. The second-order valence-corrected chi connectivity index (χ2v) is 10.2. The van der Waals surface area contributed by atoms with E-state index < -0.39 is 6.04 Å². The van der Waals surface area contributed by atoms with Gasteiger partial charge in [0.15, 0.2) is 0 Å². The van der Waals surface area contributed by atoms with Crippen molar-refractivity contribution in [1.29, 1.82) is 0 Å². The predicted molar refractivity (Wildman–Crippen MR) is 150 cm³/mol. The molecule has 2 atom stereocenters. The number of fused-ring (bicyclic) bond motifs is 3. The van der Waals surface area contributed by atoms with Crippen molar-refractivity contribution in [2.75, 3.05) is 45.3 Å². The normalized spacial score (nSPS) is 19.6. The van der Waals surface area contributed by atoms with Crippen molar-refractivity contribution in [3.63, 3.8) is 0 Å². The third-order valence-electron chi connectivity index (χ3n) is 7.99. The molecule has 2 aliphatic heterocycles. The summed E-state index contributed by atoms with van der Waals surface area (Å²) in [6, 6.07) is 20.8. The van der Waals surface area contributed by atoms with Gasteiger partial charge in [-0.25, -0.2) is 4.39 Å². The summed E-state index contributed by atoms with van der Waals surface area (Å²) in [5, 5.41) is 4.67. The van der Waals surface area contributed by atoms with Gasteiger partial charge in [0.1, 0.15) is 17.6 Å². The smallest absolute Gasteiger partial charge is 0.323 e. The number of methoxy groups -OCH3 is 2. The molecule has 0 spiro atoms. The lowest BCUT2D eigenvalue weighted by Crippen LogP contribution is -2.46. The van der Waals surface area contributed by atoms with Gasteiger partial charge >= 0.3 is 5.97 Å². The molecule has 2 aliphatic rings. The zero-order valence-corrected chi connectivity index (χ0v) is 22.2. The van der Waals surface area contributed by atoms with Gasteiger partial charge in [-0.3, -0.25) is 15.0 Å².